The van der Waals surface area contributed by atoms with E-state index in [0.29, 0.717) is 24.6 Å². The summed E-state index contributed by atoms with van der Waals surface area (Å²) in [6.07, 6.45) is 0. The van der Waals surface area contributed by atoms with E-state index in [2.05, 4.69) is 130 Å². The summed E-state index contributed by atoms with van der Waals surface area (Å²) in [4.78, 5) is 0. The second-order valence-corrected chi connectivity index (χ2v) is 15.4. The van der Waals surface area contributed by atoms with Crippen LogP contribution in [0.3, 0.4) is 0 Å². The summed E-state index contributed by atoms with van der Waals surface area (Å²) < 4.78 is 0. The number of hydrazine groups is 1. The van der Waals surface area contributed by atoms with E-state index in [-0.39, 0.29) is 21.7 Å². The molecule has 0 saturated carbocycles. The van der Waals surface area contributed by atoms with E-state index >= 15 is 0 Å². The van der Waals surface area contributed by atoms with Gasteiger partial charge in [0.1, 0.15) is 11.5 Å². The minimum absolute atomic E-state index is 0.196. The first-order chi connectivity index (χ1) is 18.2. The Morgan fingerprint density at radius 3 is 1.10 bits per heavy atom. The van der Waals surface area contributed by atoms with Gasteiger partial charge in [-0.05, 0) is 67.2 Å². The lowest BCUT2D eigenvalue weighted by atomic mass is 9.78. The quantitative estimate of drug-likeness (QED) is 0.271. The molecule has 0 heterocycles. The van der Waals surface area contributed by atoms with Crippen molar-refractivity contribution >= 4 is 5.69 Å². The Labute approximate surface area is 243 Å². The van der Waals surface area contributed by atoms with Crippen LogP contribution in [-0.4, -0.2) is 15.2 Å². The van der Waals surface area contributed by atoms with Crippen LogP contribution in [0.5, 0.6) is 11.5 Å². The van der Waals surface area contributed by atoms with Gasteiger partial charge in [-0.25, -0.2) is 5.01 Å². The highest BCUT2D eigenvalue weighted by molar-refractivity contribution is 5.51. The fraction of sp³-hybridized carbons (Fsp3) is 0.500. The van der Waals surface area contributed by atoms with Crippen molar-refractivity contribution in [3.05, 3.63) is 88.0 Å². The Hall–Kier alpha value is -2.98. The summed E-state index contributed by atoms with van der Waals surface area (Å²) in [6.45, 7) is 27.1. The number of anilines is 1. The first kappa shape index (κ1) is 31.5. The van der Waals surface area contributed by atoms with E-state index in [1.807, 2.05) is 18.2 Å². The van der Waals surface area contributed by atoms with E-state index in [1.54, 1.807) is 0 Å². The molecular formula is C36H52N2O2. The molecular weight excluding hydrogens is 492 g/mol. The number of para-hydroxylation sites is 1. The largest absolute Gasteiger partial charge is 0.507 e. The zero-order chi connectivity index (χ0) is 30.3. The molecule has 3 aromatic carbocycles. The standard InChI is InChI=1S/C36H52N2O2/c1-33(2,3)27-18-24(19-28(31(27)39)34(4,5)6)22-38(37-26-16-14-13-15-17-26)23-25-20-29(35(7,8)9)32(40)30(21-25)36(10,11)12/h13-21,37,39-40H,22-23H2,1-12H3. The molecule has 3 rings (SSSR count). The number of hydrogen-bond donors (Lipinski definition) is 3. The van der Waals surface area contributed by atoms with Gasteiger partial charge < -0.3 is 15.6 Å². The Morgan fingerprint density at radius 2 is 0.825 bits per heavy atom. The Balaban J connectivity index is 2.14. The molecule has 0 aliphatic rings. The highest BCUT2D eigenvalue weighted by Gasteiger charge is 2.29. The predicted molar refractivity (Wildman–Crippen MR) is 170 cm³/mol. The van der Waals surface area contributed by atoms with Crippen LogP contribution in [0.25, 0.3) is 0 Å². The smallest absolute Gasteiger partial charge is 0.123 e. The van der Waals surface area contributed by atoms with Crippen LogP contribution < -0.4 is 5.43 Å². The predicted octanol–water partition coefficient (Wildman–Crippen LogP) is 9.32. The van der Waals surface area contributed by atoms with Gasteiger partial charge in [-0.1, -0.05) is 126 Å². The summed E-state index contributed by atoms with van der Waals surface area (Å²) >= 11 is 0. The van der Waals surface area contributed by atoms with Crippen LogP contribution in [0.15, 0.2) is 54.6 Å². The van der Waals surface area contributed by atoms with Crippen molar-refractivity contribution in [1.29, 1.82) is 0 Å². The molecule has 0 aliphatic carbocycles. The van der Waals surface area contributed by atoms with Gasteiger partial charge in [-0.15, -0.1) is 0 Å². The third kappa shape index (κ3) is 7.60. The Kier molecular flexibility index (Phi) is 8.77. The van der Waals surface area contributed by atoms with Crippen LogP contribution in [0, 0.1) is 0 Å². The van der Waals surface area contributed by atoms with Crippen LogP contribution in [0.2, 0.25) is 0 Å². The van der Waals surface area contributed by atoms with E-state index in [0.717, 1.165) is 39.1 Å². The molecule has 4 heteroatoms. The molecule has 0 amide bonds. The number of nitrogens with one attached hydrogen (secondary N) is 1. The molecule has 0 unspecified atom stereocenters. The molecule has 0 radical (unpaired) electrons. The van der Waals surface area contributed by atoms with Gasteiger partial charge in [0.25, 0.3) is 0 Å². The zero-order valence-electron chi connectivity index (χ0n) is 27.0. The molecule has 0 bridgehead atoms. The summed E-state index contributed by atoms with van der Waals surface area (Å²) in [7, 11) is 0. The third-order valence-electron chi connectivity index (χ3n) is 7.38. The number of benzene rings is 3. The van der Waals surface area contributed by atoms with Crippen molar-refractivity contribution < 1.29 is 10.2 Å². The number of hydrogen-bond acceptors (Lipinski definition) is 4. The second kappa shape index (κ2) is 11.1. The Bertz CT molecular complexity index is 1160. The lowest BCUT2D eigenvalue weighted by Gasteiger charge is -2.31. The zero-order valence-corrected chi connectivity index (χ0v) is 27.0. The van der Waals surface area contributed by atoms with Crippen LogP contribution in [-0.2, 0) is 34.7 Å². The molecule has 0 atom stereocenters. The molecule has 0 spiro atoms. The minimum atomic E-state index is -0.196. The number of nitrogens with zero attached hydrogens (tertiary/aromatic N) is 1. The summed E-state index contributed by atoms with van der Waals surface area (Å²) in [6, 6.07) is 18.9. The van der Waals surface area contributed by atoms with Gasteiger partial charge in [0.05, 0.1) is 0 Å². The molecule has 0 saturated heterocycles. The lowest BCUT2D eigenvalue weighted by Crippen LogP contribution is -2.30. The first-order valence-corrected chi connectivity index (χ1v) is 14.5. The van der Waals surface area contributed by atoms with Crippen molar-refractivity contribution in [2.75, 3.05) is 5.43 Å². The SMILES string of the molecule is CC(C)(C)c1cc(CN(Cc2cc(C(C)(C)C)c(O)c(C(C)(C)C)c2)Nc2ccccc2)cc(C(C)(C)C)c1O. The molecule has 4 nitrogen and oxygen atoms in total. The van der Waals surface area contributed by atoms with E-state index in [4.69, 9.17) is 0 Å². The molecule has 40 heavy (non-hydrogen) atoms. The molecule has 0 aromatic heterocycles. The number of phenols is 2. The first-order valence-electron chi connectivity index (χ1n) is 14.5. The molecule has 0 aliphatic heterocycles. The van der Waals surface area contributed by atoms with E-state index in [1.165, 1.54) is 0 Å². The fourth-order valence-corrected chi connectivity index (χ4v) is 5.13. The highest BCUT2D eigenvalue weighted by atomic mass is 16.3. The average molecular weight is 545 g/mol. The fourth-order valence-electron chi connectivity index (χ4n) is 5.13. The maximum atomic E-state index is 11.3. The summed E-state index contributed by atoms with van der Waals surface area (Å²) in [5, 5.41) is 24.8. The van der Waals surface area contributed by atoms with Gasteiger partial charge in [0.15, 0.2) is 0 Å². The average Bonchev–Trinajstić information content (AvgIpc) is 2.78. The Morgan fingerprint density at radius 1 is 0.525 bits per heavy atom. The maximum absolute atomic E-state index is 11.3. The molecule has 3 aromatic rings. The van der Waals surface area contributed by atoms with Gasteiger partial charge >= 0.3 is 0 Å². The summed E-state index contributed by atoms with van der Waals surface area (Å²) in [5.41, 5.74) is 10.0. The topological polar surface area (TPSA) is 55.7 Å². The minimum Gasteiger partial charge on any atom is -0.507 e. The summed E-state index contributed by atoms with van der Waals surface area (Å²) in [5.74, 6) is 0.795. The van der Waals surface area contributed by atoms with E-state index in [9.17, 15) is 10.2 Å². The molecule has 0 fully saturated rings. The third-order valence-corrected chi connectivity index (χ3v) is 7.38. The van der Waals surface area contributed by atoms with Crippen molar-refractivity contribution in [3.63, 3.8) is 0 Å². The van der Waals surface area contributed by atoms with Gasteiger partial charge in [0, 0.05) is 18.8 Å². The number of rotatable bonds is 6. The number of aromatic hydroxyl groups is 2. The van der Waals surface area contributed by atoms with Crippen molar-refractivity contribution in [1.82, 2.24) is 5.01 Å². The van der Waals surface area contributed by atoms with Crippen molar-refractivity contribution in [3.8, 4) is 11.5 Å². The van der Waals surface area contributed by atoms with Gasteiger partial charge in [0.2, 0.25) is 0 Å². The monoisotopic (exact) mass is 544 g/mol. The van der Waals surface area contributed by atoms with Crippen LogP contribution >= 0.6 is 0 Å². The second-order valence-electron chi connectivity index (χ2n) is 15.4. The van der Waals surface area contributed by atoms with E-state index < -0.39 is 0 Å². The van der Waals surface area contributed by atoms with Gasteiger partial charge in [-0.2, -0.15) is 0 Å². The molecule has 3 N–H and O–H groups in total. The normalized spacial score (nSPS) is 13.1. The van der Waals surface area contributed by atoms with Crippen molar-refractivity contribution in [2.45, 2.75) is 118 Å². The van der Waals surface area contributed by atoms with Crippen molar-refractivity contribution in [2.24, 2.45) is 0 Å². The van der Waals surface area contributed by atoms with Crippen LogP contribution in [0.4, 0.5) is 5.69 Å². The van der Waals surface area contributed by atoms with Crippen LogP contribution in [0.1, 0.15) is 116 Å². The lowest BCUT2D eigenvalue weighted by molar-refractivity contribution is 0.311. The highest BCUT2D eigenvalue weighted by Crippen LogP contribution is 2.42. The maximum Gasteiger partial charge on any atom is 0.123 e. The van der Waals surface area contributed by atoms with Gasteiger partial charge in [-0.3, -0.25) is 0 Å². The molecule has 218 valence electrons. The number of phenolic OH excluding ortho intramolecular Hbond substituents is 2.